The van der Waals surface area contributed by atoms with Crippen molar-refractivity contribution in [1.82, 2.24) is 9.66 Å². The highest BCUT2D eigenvalue weighted by molar-refractivity contribution is 8.00. The van der Waals surface area contributed by atoms with Gasteiger partial charge in [0.2, 0.25) is 5.91 Å². The summed E-state index contributed by atoms with van der Waals surface area (Å²) in [6.45, 7) is 0. The van der Waals surface area contributed by atoms with E-state index in [-0.39, 0.29) is 39.6 Å². The van der Waals surface area contributed by atoms with Gasteiger partial charge >= 0.3 is 0 Å². The summed E-state index contributed by atoms with van der Waals surface area (Å²) >= 11 is 14.3. The maximum absolute atomic E-state index is 13.9. The zero-order valence-corrected chi connectivity index (χ0v) is 30.1. The van der Waals surface area contributed by atoms with Crippen molar-refractivity contribution in [2.75, 3.05) is 27.9 Å². The van der Waals surface area contributed by atoms with Crippen LogP contribution in [-0.4, -0.2) is 36.8 Å². The van der Waals surface area contributed by atoms with E-state index >= 15 is 0 Å². The highest BCUT2D eigenvalue weighted by Gasteiger charge is 2.34. The van der Waals surface area contributed by atoms with Crippen molar-refractivity contribution in [2.24, 2.45) is 0 Å². The Morgan fingerprint density at radius 3 is 2.27 bits per heavy atom. The lowest BCUT2D eigenvalue weighted by atomic mass is 10.1. The Balaban J connectivity index is 1.21. The van der Waals surface area contributed by atoms with E-state index in [1.54, 1.807) is 66.6 Å². The number of anilines is 3. The number of hydrogen-bond donors (Lipinski definition) is 2. The minimum absolute atomic E-state index is 0.0638. The molecule has 6 aromatic rings. The molecule has 0 saturated carbocycles. The quantitative estimate of drug-likeness (QED) is 0.146. The van der Waals surface area contributed by atoms with Crippen LogP contribution in [0.1, 0.15) is 22.3 Å². The average Bonchev–Trinajstić information content (AvgIpc) is 3.53. The number of sulfonamides is 1. The number of benzene rings is 5. The first-order valence-electron chi connectivity index (χ1n) is 15.6. The van der Waals surface area contributed by atoms with Gasteiger partial charge in [-0.3, -0.25) is 14.5 Å². The van der Waals surface area contributed by atoms with Gasteiger partial charge in [0.15, 0.2) is 0 Å². The molecule has 10 nitrogen and oxygen atoms in total. The monoisotopic (exact) mass is 757 g/mol. The summed E-state index contributed by atoms with van der Waals surface area (Å²) in [5.74, 6) is 1.04. The normalized spacial score (nSPS) is 14.5. The molecule has 5 aromatic carbocycles. The van der Waals surface area contributed by atoms with Gasteiger partial charge in [-0.2, -0.15) is 13.1 Å². The molecule has 0 radical (unpaired) electrons. The third kappa shape index (κ3) is 7.00. The fraction of sp³-hybridized carbons (Fsp3) is 0.108. The Morgan fingerprint density at radius 1 is 0.863 bits per heavy atom. The van der Waals surface area contributed by atoms with Crippen molar-refractivity contribution in [3.8, 4) is 5.75 Å². The van der Waals surface area contributed by atoms with Crippen molar-refractivity contribution in [3.05, 3.63) is 153 Å². The molecular formula is C37H29Cl2N5O5S2. The van der Waals surface area contributed by atoms with E-state index in [2.05, 4.69) is 10.1 Å². The summed E-state index contributed by atoms with van der Waals surface area (Å²) in [4.78, 5) is 35.6. The maximum atomic E-state index is 13.9. The first-order chi connectivity index (χ1) is 24.6. The molecule has 1 fully saturated rings. The number of para-hydroxylation sites is 3. The topological polar surface area (TPSA) is 123 Å². The molecule has 7 rings (SSSR count). The van der Waals surface area contributed by atoms with E-state index in [9.17, 15) is 18.0 Å². The van der Waals surface area contributed by atoms with E-state index in [1.807, 2.05) is 48.5 Å². The summed E-state index contributed by atoms with van der Waals surface area (Å²) in [7, 11) is -2.73. The van der Waals surface area contributed by atoms with Gasteiger partial charge < -0.3 is 10.1 Å². The highest BCUT2D eigenvalue weighted by Crippen LogP contribution is 2.42. The molecular weight excluding hydrogens is 729 g/mol. The Bertz CT molecular complexity index is 2420. The predicted octanol–water partition coefficient (Wildman–Crippen LogP) is 7.76. The summed E-state index contributed by atoms with van der Waals surface area (Å²) in [5.41, 5.74) is 3.12. The Labute approximate surface area is 308 Å². The van der Waals surface area contributed by atoms with Crippen molar-refractivity contribution in [3.63, 3.8) is 0 Å². The molecule has 1 unspecified atom stereocenters. The molecule has 2 N–H and O–H groups in total. The second-order valence-corrected chi connectivity index (χ2v) is 15.1. The van der Waals surface area contributed by atoms with E-state index < -0.39 is 15.6 Å². The molecule has 258 valence electrons. The van der Waals surface area contributed by atoms with E-state index in [0.29, 0.717) is 43.9 Å². The molecule has 1 saturated heterocycles. The molecule has 14 heteroatoms. The van der Waals surface area contributed by atoms with Gasteiger partial charge in [0.1, 0.15) is 16.9 Å². The van der Waals surface area contributed by atoms with Crippen LogP contribution in [0.4, 0.5) is 17.1 Å². The largest absolute Gasteiger partial charge is 0.497 e. The van der Waals surface area contributed by atoms with Crippen LogP contribution < -0.4 is 25.3 Å². The van der Waals surface area contributed by atoms with Gasteiger partial charge in [-0.1, -0.05) is 71.7 Å². The van der Waals surface area contributed by atoms with Gasteiger partial charge in [0, 0.05) is 17.8 Å². The number of nitrogens with zero attached hydrogens (tertiary/aromatic N) is 3. The number of fused-ring (bicyclic) bond motifs is 1. The van der Waals surface area contributed by atoms with E-state index in [1.165, 1.54) is 23.9 Å². The van der Waals surface area contributed by atoms with Crippen molar-refractivity contribution >= 4 is 78.9 Å². The molecule has 1 amide bonds. The zero-order valence-electron chi connectivity index (χ0n) is 26.9. The predicted molar refractivity (Wildman–Crippen MR) is 204 cm³/mol. The van der Waals surface area contributed by atoms with E-state index in [4.69, 9.17) is 32.9 Å². The minimum atomic E-state index is -4.32. The van der Waals surface area contributed by atoms with E-state index in [0.717, 1.165) is 10.2 Å². The van der Waals surface area contributed by atoms with Crippen LogP contribution >= 0.6 is 35.0 Å². The maximum Gasteiger partial charge on any atom is 0.280 e. The van der Waals surface area contributed by atoms with Crippen LogP contribution in [0, 0.1) is 0 Å². The third-order valence-electron chi connectivity index (χ3n) is 8.34. The first-order valence-corrected chi connectivity index (χ1v) is 18.9. The number of amides is 1. The van der Waals surface area contributed by atoms with Crippen LogP contribution in [0.2, 0.25) is 10.0 Å². The average molecular weight is 759 g/mol. The lowest BCUT2D eigenvalue weighted by Gasteiger charge is -2.24. The Kier molecular flexibility index (Phi) is 9.67. The molecule has 0 aliphatic carbocycles. The second-order valence-electron chi connectivity index (χ2n) is 11.5. The third-order valence-corrected chi connectivity index (χ3v) is 11.5. The molecule has 51 heavy (non-hydrogen) atoms. The van der Waals surface area contributed by atoms with Gasteiger partial charge in [-0.05, 0) is 77.9 Å². The lowest BCUT2D eigenvalue weighted by Crippen LogP contribution is -2.36. The number of carbonyl (C=O) groups is 1. The number of carbonyl (C=O) groups excluding carboxylic acids is 1. The number of nitrogens with one attached hydrogen (secondary N) is 2. The summed E-state index contributed by atoms with van der Waals surface area (Å²) in [5, 5.41) is 4.05. The molecule has 1 atom stereocenters. The number of ether oxygens (including phenoxy) is 1. The van der Waals surface area contributed by atoms with Gasteiger partial charge in [-0.25, -0.2) is 9.82 Å². The molecule has 0 spiro atoms. The van der Waals surface area contributed by atoms with Crippen LogP contribution in [0.5, 0.6) is 5.75 Å². The zero-order chi connectivity index (χ0) is 35.7. The van der Waals surface area contributed by atoms with Crippen LogP contribution in [0.25, 0.3) is 10.9 Å². The molecule has 1 aliphatic heterocycles. The minimum Gasteiger partial charge on any atom is -0.497 e. The molecule has 0 bridgehead atoms. The summed E-state index contributed by atoms with van der Waals surface area (Å²) in [6.07, 6.45) is 0.0638. The van der Waals surface area contributed by atoms with Crippen molar-refractivity contribution < 1.29 is 17.9 Å². The number of hydrogen-bond acceptors (Lipinski definition) is 8. The molecule has 1 aliphatic rings. The SMILES string of the molecule is COc1ccc(C2SCC(=O)N2c2ccc(S(=O)(=O)Nn3c(Cc4ccccc4Nc4c(Cl)cccc4Cl)nc4ccccc4c3=O)cc2)cc1. The van der Waals surface area contributed by atoms with Crippen LogP contribution in [0.15, 0.2) is 125 Å². The van der Waals surface area contributed by atoms with Crippen LogP contribution in [-0.2, 0) is 21.2 Å². The lowest BCUT2D eigenvalue weighted by molar-refractivity contribution is -0.115. The number of methoxy groups -OCH3 is 1. The number of halogens is 2. The fourth-order valence-corrected chi connectivity index (χ4v) is 8.49. The van der Waals surface area contributed by atoms with Crippen molar-refractivity contribution in [1.29, 1.82) is 0 Å². The Hall–Kier alpha value is -5.01. The first kappa shape index (κ1) is 34.4. The van der Waals surface area contributed by atoms with Crippen LogP contribution in [0.3, 0.4) is 0 Å². The number of aromatic nitrogens is 2. The van der Waals surface area contributed by atoms with Gasteiger partial charge in [0.05, 0.1) is 44.4 Å². The Morgan fingerprint density at radius 2 is 1.55 bits per heavy atom. The number of thioether (sulfide) groups is 1. The van der Waals surface area contributed by atoms with Gasteiger partial charge in [0.25, 0.3) is 15.6 Å². The summed E-state index contributed by atoms with van der Waals surface area (Å²) in [6, 6.07) is 32.7. The smallest absolute Gasteiger partial charge is 0.280 e. The fourth-order valence-electron chi connectivity index (χ4n) is 5.79. The van der Waals surface area contributed by atoms with Crippen molar-refractivity contribution in [2.45, 2.75) is 16.7 Å². The second kappa shape index (κ2) is 14.3. The standard InChI is InChI=1S/C37H29Cl2N5O5S2/c1-49-26-17-13-23(14-18-26)37-43(34(45)22-50-37)25-15-19-27(20-16-25)51(47,48)42-44-33(40-32-12-5-3-8-28(32)36(44)46)21-24-7-2-4-11-31(24)41-35-29(38)9-6-10-30(35)39/h2-20,37,41-42H,21-22H2,1H3. The van der Waals surface area contributed by atoms with Gasteiger partial charge in [-0.15, -0.1) is 11.8 Å². The number of rotatable bonds is 10. The highest BCUT2D eigenvalue weighted by atomic mass is 35.5. The molecule has 2 heterocycles. The molecule has 1 aromatic heterocycles. The summed E-state index contributed by atoms with van der Waals surface area (Å²) < 4.78 is 34.0.